The Morgan fingerprint density at radius 1 is 0.897 bits per heavy atom. The number of rotatable bonds is 3. The van der Waals surface area contributed by atoms with E-state index in [1.165, 1.54) is 12.1 Å². The summed E-state index contributed by atoms with van der Waals surface area (Å²) in [6.07, 6.45) is 0.804. The molecule has 2 aromatic heterocycles. The first-order valence-corrected chi connectivity index (χ1v) is 9.63. The maximum absolute atomic E-state index is 13.1. The molecule has 0 aliphatic carbocycles. The summed E-state index contributed by atoms with van der Waals surface area (Å²) in [5, 5.41) is 13.6. The number of anilines is 1. The first-order valence-electron chi connectivity index (χ1n) is 9.25. The number of benzene rings is 2. The van der Waals surface area contributed by atoms with Crippen molar-refractivity contribution in [3.63, 3.8) is 0 Å². The Morgan fingerprint density at radius 2 is 1.66 bits per heavy atom. The maximum atomic E-state index is 13.1. The van der Waals surface area contributed by atoms with Crippen molar-refractivity contribution in [1.82, 2.24) is 15.4 Å². The smallest absolute Gasteiger partial charge is 0.170 e. The van der Waals surface area contributed by atoms with E-state index in [2.05, 4.69) is 20.3 Å². The zero-order valence-electron chi connectivity index (χ0n) is 15.3. The van der Waals surface area contributed by atoms with Gasteiger partial charge in [-0.05, 0) is 67.1 Å². The van der Waals surface area contributed by atoms with Crippen molar-refractivity contribution in [2.75, 3.05) is 11.4 Å². The van der Waals surface area contributed by atoms with Gasteiger partial charge in [0.2, 0.25) is 0 Å². The zero-order valence-corrected chi connectivity index (χ0v) is 16.1. The number of halogens is 2. The first-order chi connectivity index (χ1) is 14.2. The highest BCUT2D eigenvalue weighted by Crippen LogP contribution is 2.32. The third kappa shape index (κ3) is 3.47. The molecule has 3 heterocycles. The molecular weight excluding hydrogens is 391 g/mol. The van der Waals surface area contributed by atoms with Crippen molar-refractivity contribution < 1.29 is 8.91 Å². The monoisotopic (exact) mass is 406 g/mol. The molecule has 0 spiro atoms. The van der Waals surface area contributed by atoms with E-state index in [0.717, 1.165) is 46.9 Å². The molecule has 5 rings (SSSR count). The Hall–Kier alpha value is -3.25. The predicted molar refractivity (Wildman–Crippen MR) is 109 cm³/mol. The van der Waals surface area contributed by atoms with Crippen LogP contribution in [-0.4, -0.2) is 21.9 Å². The van der Waals surface area contributed by atoms with Crippen LogP contribution in [0.15, 0.2) is 65.2 Å². The minimum atomic E-state index is -0.270. The molecule has 144 valence electrons. The Morgan fingerprint density at radius 3 is 2.38 bits per heavy atom. The van der Waals surface area contributed by atoms with Crippen LogP contribution in [0.3, 0.4) is 0 Å². The fraction of sp³-hybridized carbons (Fsp3) is 0.136. The molecule has 0 atom stereocenters. The molecule has 0 unspecified atom stereocenters. The number of hydrogen-bond donors (Lipinski definition) is 0. The SMILES string of the molecule is Fc1ccc(-c2ccc(N3CCc4c(noc4-c4ccc(Cl)cc4)C3)nn2)cc1. The van der Waals surface area contributed by atoms with Gasteiger partial charge in [0, 0.05) is 28.3 Å². The van der Waals surface area contributed by atoms with Gasteiger partial charge in [0.1, 0.15) is 11.5 Å². The normalized spacial score (nSPS) is 13.4. The topological polar surface area (TPSA) is 55.1 Å². The van der Waals surface area contributed by atoms with Crippen molar-refractivity contribution in [3.8, 4) is 22.6 Å². The number of hydrogen-bond acceptors (Lipinski definition) is 5. The lowest BCUT2D eigenvalue weighted by molar-refractivity contribution is 0.423. The van der Waals surface area contributed by atoms with Crippen molar-refractivity contribution in [1.29, 1.82) is 0 Å². The van der Waals surface area contributed by atoms with E-state index in [0.29, 0.717) is 17.3 Å². The number of nitrogens with zero attached hydrogens (tertiary/aromatic N) is 4. The van der Waals surface area contributed by atoms with Crippen LogP contribution in [-0.2, 0) is 13.0 Å². The average molecular weight is 407 g/mol. The van der Waals surface area contributed by atoms with Gasteiger partial charge in [-0.25, -0.2) is 4.39 Å². The van der Waals surface area contributed by atoms with Crippen LogP contribution in [0.2, 0.25) is 5.02 Å². The Balaban J connectivity index is 1.36. The minimum absolute atomic E-state index is 0.270. The van der Waals surface area contributed by atoms with Crippen LogP contribution in [0, 0.1) is 5.82 Å². The second kappa shape index (κ2) is 7.29. The quantitative estimate of drug-likeness (QED) is 0.470. The molecule has 0 saturated heterocycles. The minimum Gasteiger partial charge on any atom is -0.356 e. The molecule has 29 heavy (non-hydrogen) atoms. The van der Waals surface area contributed by atoms with E-state index in [1.54, 1.807) is 12.1 Å². The van der Waals surface area contributed by atoms with E-state index < -0.39 is 0 Å². The summed E-state index contributed by atoms with van der Waals surface area (Å²) in [6.45, 7) is 1.40. The molecular formula is C22H16ClFN4O. The van der Waals surface area contributed by atoms with Gasteiger partial charge in [-0.15, -0.1) is 10.2 Å². The Kier molecular flexibility index (Phi) is 4.48. The van der Waals surface area contributed by atoms with Crippen LogP contribution < -0.4 is 4.90 Å². The van der Waals surface area contributed by atoms with Crippen LogP contribution >= 0.6 is 11.6 Å². The zero-order chi connectivity index (χ0) is 19.8. The van der Waals surface area contributed by atoms with Crippen LogP contribution in [0.5, 0.6) is 0 Å². The predicted octanol–water partition coefficient (Wildman–Crippen LogP) is 5.15. The van der Waals surface area contributed by atoms with E-state index in [4.69, 9.17) is 16.1 Å². The Labute approximate surface area is 171 Å². The molecule has 1 aliphatic rings. The third-order valence-corrected chi connectivity index (χ3v) is 5.31. The summed E-state index contributed by atoms with van der Waals surface area (Å²) >= 11 is 5.98. The van der Waals surface area contributed by atoms with E-state index >= 15 is 0 Å². The lowest BCUT2D eigenvalue weighted by atomic mass is 10.0. The van der Waals surface area contributed by atoms with Gasteiger partial charge in [-0.2, -0.15) is 0 Å². The molecule has 2 aromatic carbocycles. The van der Waals surface area contributed by atoms with Gasteiger partial charge >= 0.3 is 0 Å². The average Bonchev–Trinajstić information content (AvgIpc) is 3.18. The maximum Gasteiger partial charge on any atom is 0.170 e. The van der Waals surface area contributed by atoms with Gasteiger partial charge in [-0.1, -0.05) is 16.8 Å². The summed E-state index contributed by atoms with van der Waals surface area (Å²) in [5.74, 6) is 1.31. The molecule has 0 N–H and O–H groups in total. The highest BCUT2D eigenvalue weighted by atomic mass is 35.5. The highest BCUT2D eigenvalue weighted by molar-refractivity contribution is 6.30. The largest absolute Gasteiger partial charge is 0.356 e. The summed E-state index contributed by atoms with van der Waals surface area (Å²) < 4.78 is 18.7. The van der Waals surface area contributed by atoms with Crippen LogP contribution in [0.4, 0.5) is 10.2 Å². The van der Waals surface area contributed by atoms with Crippen LogP contribution in [0.1, 0.15) is 11.3 Å². The molecule has 7 heteroatoms. The van der Waals surface area contributed by atoms with Crippen molar-refractivity contribution in [3.05, 3.63) is 82.8 Å². The van der Waals surface area contributed by atoms with Crippen molar-refractivity contribution >= 4 is 17.4 Å². The fourth-order valence-electron chi connectivity index (χ4n) is 3.52. The molecule has 0 radical (unpaired) electrons. The molecule has 0 amide bonds. The number of fused-ring (bicyclic) bond motifs is 1. The first kappa shape index (κ1) is 17.8. The lowest BCUT2D eigenvalue weighted by Crippen LogP contribution is -2.31. The van der Waals surface area contributed by atoms with Gasteiger partial charge < -0.3 is 9.42 Å². The van der Waals surface area contributed by atoms with Crippen molar-refractivity contribution in [2.45, 2.75) is 13.0 Å². The Bertz CT molecular complexity index is 1140. The molecule has 4 aromatic rings. The number of aromatic nitrogens is 3. The third-order valence-electron chi connectivity index (χ3n) is 5.06. The van der Waals surface area contributed by atoms with Crippen LogP contribution in [0.25, 0.3) is 22.6 Å². The van der Waals surface area contributed by atoms with Gasteiger partial charge in [-0.3, -0.25) is 0 Å². The molecule has 0 saturated carbocycles. The summed E-state index contributed by atoms with van der Waals surface area (Å²) in [6, 6.07) is 17.6. The van der Waals surface area contributed by atoms with E-state index in [1.807, 2.05) is 36.4 Å². The molecule has 5 nitrogen and oxygen atoms in total. The standard InChI is InChI=1S/C22H16ClFN4O/c23-16-5-1-15(2-6-16)22-18-11-12-28(13-20(18)27-29-22)21-10-9-19(25-26-21)14-3-7-17(24)8-4-14/h1-10H,11-13H2. The molecule has 0 bridgehead atoms. The summed E-state index contributed by atoms with van der Waals surface area (Å²) in [7, 11) is 0. The molecule has 0 fully saturated rings. The second-order valence-corrected chi connectivity index (χ2v) is 7.34. The van der Waals surface area contributed by atoms with E-state index in [9.17, 15) is 4.39 Å². The second-order valence-electron chi connectivity index (χ2n) is 6.90. The van der Waals surface area contributed by atoms with Gasteiger partial charge in [0.25, 0.3) is 0 Å². The van der Waals surface area contributed by atoms with Gasteiger partial charge in [0.05, 0.1) is 12.2 Å². The lowest BCUT2D eigenvalue weighted by Gasteiger charge is -2.26. The highest BCUT2D eigenvalue weighted by Gasteiger charge is 2.25. The van der Waals surface area contributed by atoms with E-state index in [-0.39, 0.29) is 5.82 Å². The fourth-order valence-corrected chi connectivity index (χ4v) is 3.65. The summed E-state index contributed by atoms with van der Waals surface area (Å²) in [5.41, 5.74) is 4.54. The molecule has 1 aliphatic heterocycles. The van der Waals surface area contributed by atoms with Crippen molar-refractivity contribution in [2.24, 2.45) is 0 Å². The summed E-state index contributed by atoms with van der Waals surface area (Å²) in [4.78, 5) is 2.12. The van der Waals surface area contributed by atoms with Gasteiger partial charge in [0.15, 0.2) is 11.6 Å².